The maximum Gasteiger partial charge on any atom is 0.326 e. The Morgan fingerprint density at radius 3 is 2.82 bits per heavy atom. The third-order valence-corrected chi connectivity index (χ3v) is 3.39. The normalized spacial score (nSPS) is 19.3. The van der Waals surface area contributed by atoms with Crippen molar-refractivity contribution in [3.63, 3.8) is 0 Å². The summed E-state index contributed by atoms with van der Waals surface area (Å²) < 4.78 is 0. The number of carboxylic acids is 1. The van der Waals surface area contributed by atoms with Crippen LogP contribution in [0.4, 0.5) is 0 Å². The summed E-state index contributed by atoms with van der Waals surface area (Å²) in [5.41, 5.74) is 0. The fraction of sp³-hybridized carbons (Fsp3) is 0.400. The minimum Gasteiger partial charge on any atom is -0.480 e. The number of carbonyl (C=O) groups is 3. The zero-order valence-corrected chi connectivity index (χ0v) is 9.64. The Bertz CT molecular complexity index is 457. The second-order valence-corrected chi connectivity index (χ2v) is 4.56. The second-order valence-electron chi connectivity index (χ2n) is 3.66. The molecule has 1 aliphatic heterocycles. The summed E-state index contributed by atoms with van der Waals surface area (Å²) in [6.07, 6.45) is 2.43. The lowest BCUT2D eigenvalue weighted by molar-refractivity contribution is -0.146. The molecule has 6 nitrogen and oxygen atoms in total. The molecule has 2 rings (SSSR count). The summed E-state index contributed by atoms with van der Waals surface area (Å²) >= 11 is 1.07. The van der Waals surface area contributed by atoms with Crippen LogP contribution in [0.25, 0.3) is 0 Å². The lowest BCUT2D eigenvalue weighted by Gasteiger charge is -2.19. The maximum absolute atomic E-state index is 11.8. The van der Waals surface area contributed by atoms with E-state index in [1.54, 1.807) is 5.38 Å². The number of hydrogen-bond acceptors (Lipinski definition) is 5. The summed E-state index contributed by atoms with van der Waals surface area (Å²) in [6.45, 7) is 0.312. The topological polar surface area (TPSA) is 87.6 Å². The van der Waals surface area contributed by atoms with Crippen molar-refractivity contribution >= 4 is 29.0 Å². The van der Waals surface area contributed by atoms with Gasteiger partial charge in [-0.05, 0) is 12.8 Å². The van der Waals surface area contributed by atoms with Crippen molar-refractivity contribution in [1.82, 2.24) is 9.88 Å². The molecule has 0 aliphatic carbocycles. The molecule has 0 radical (unpaired) electrons. The predicted octanol–water partition coefficient (Wildman–Crippen LogP) is 0.401. The summed E-state index contributed by atoms with van der Waals surface area (Å²) in [7, 11) is 0. The van der Waals surface area contributed by atoms with E-state index in [4.69, 9.17) is 5.11 Å². The number of aromatic nitrogens is 1. The largest absolute Gasteiger partial charge is 0.480 e. The number of ketones is 1. The van der Waals surface area contributed by atoms with Gasteiger partial charge in [0.15, 0.2) is 5.01 Å². The zero-order chi connectivity index (χ0) is 12.4. The molecule has 1 atom stereocenters. The van der Waals surface area contributed by atoms with Crippen LogP contribution in [0, 0.1) is 0 Å². The number of nitrogens with zero attached hydrogens (tertiary/aromatic N) is 2. The zero-order valence-electron chi connectivity index (χ0n) is 8.83. The van der Waals surface area contributed by atoms with Gasteiger partial charge in [0.25, 0.3) is 11.7 Å². The number of likely N-dealkylation sites (tertiary alicyclic amines) is 1. The number of hydrogen-bond donors (Lipinski definition) is 1. The van der Waals surface area contributed by atoms with Crippen molar-refractivity contribution < 1.29 is 19.5 Å². The first-order valence-electron chi connectivity index (χ1n) is 5.09. The second kappa shape index (κ2) is 4.62. The Balaban J connectivity index is 2.15. The third kappa shape index (κ3) is 2.19. The molecule has 0 spiro atoms. The first-order valence-corrected chi connectivity index (χ1v) is 5.97. The lowest BCUT2D eigenvalue weighted by Crippen LogP contribution is -2.43. The molecular formula is C10H10N2O4S. The highest BCUT2D eigenvalue weighted by Crippen LogP contribution is 2.19. The van der Waals surface area contributed by atoms with Gasteiger partial charge in [-0.25, -0.2) is 9.78 Å². The molecule has 1 saturated heterocycles. The molecule has 1 aliphatic rings. The molecule has 0 aromatic carbocycles. The van der Waals surface area contributed by atoms with Crippen LogP contribution >= 0.6 is 11.3 Å². The minimum absolute atomic E-state index is 0.103. The quantitative estimate of drug-likeness (QED) is 0.623. The van der Waals surface area contributed by atoms with Gasteiger partial charge in [-0.2, -0.15) is 0 Å². The third-order valence-electron chi connectivity index (χ3n) is 2.62. The highest BCUT2D eigenvalue weighted by atomic mass is 32.1. The highest BCUT2D eigenvalue weighted by Gasteiger charge is 2.37. The van der Waals surface area contributed by atoms with Crippen LogP contribution in [0.3, 0.4) is 0 Å². The van der Waals surface area contributed by atoms with E-state index < -0.39 is 23.7 Å². The molecule has 1 aromatic rings. The molecule has 7 heteroatoms. The van der Waals surface area contributed by atoms with E-state index in [0.717, 1.165) is 16.2 Å². The first kappa shape index (κ1) is 11.7. The van der Waals surface area contributed by atoms with Crippen molar-refractivity contribution in [2.75, 3.05) is 6.54 Å². The van der Waals surface area contributed by atoms with Gasteiger partial charge in [-0.3, -0.25) is 9.59 Å². The lowest BCUT2D eigenvalue weighted by atomic mass is 10.2. The molecule has 1 aromatic heterocycles. The molecule has 17 heavy (non-hydrogen) atoms. The number of thiazole rings is 1. The Morgan fingerprint density at radius 2 is 2.24 bits per heavy atom. The highest BCUT2D eigenvalue weighted by molar-refractivity contribution is 7.12. The van der Waals surface area contributed by atoms with E-state index in [-0.39, 0.29) is 5.01 Å². The van der Waals surface area contributed by atoms with Gasteiger partial charge in [-0.15, -0.1) is 11.3 Å². The Hall–Kier alpha value is -1.76. The number of aliphatic carboxylic acids is 1. The van der Waals surface area contributed by atoms with Crippen LogP contribution in [-0.2, 0) is 9.59 Å². The van der Waals surface area contributed by atoms with Gasteiger partial charge in [0.1, 0.15) is 6.04 Å². The number of Topliss-reactive ketones (excluding diaryl/α,β-unsaturated/α-hetero) is 1. The standard InChI is InChI=1S/C10H10N2O4S/c13-7(8-11-3-5-17-8)9(14)12-4-1-2-6(12)10(15)16/h3,5-6H,1-2,4H2,(H,15,16)/t6-/m0/s1. The molecule has 2 heterocycles. The molecular weight excluding hydrogens is 244 g/mol. The van der Waals surface area contributed by atoms with E-state index in [1.807, 2.05) is 0 Å². The van der Waals surface area contributed by atoms with Gasteiger partial charge in [0.2, 0.25) is 0 Å². The molecule has 90 valence electrons. The smallest absolute Gasteiger partial charge is 0.326 e. The molecule has 1 N–H and O–H groups in total. The summed E-state index contributed by atoms with van der Waals surface area (Å²) in [5.74, 6) is -2.57. The van der Waals surface area contributed by atoms with Gasteiger partial charge in [-0.1, -0.05) is 0 Å². The van der Waals surface area contributed by atoms with Gasteiger partial charge < -0.3 is 10.0 Å². The SMILES string of the molecule is O=C(C(=O)N1CCC[C@H]1C(=O)O)c1nccs1. The van der Waals surface area contributed by atoms with Crippen molar-refractivity contribution in [3.8, 4) is 0 Å². The Kier molecular flexibility index (Phi) is 3.19. The van der Waals surface area contributed by atoms with Crippen molar-refractivity contribution in [3.05, 3.63) is 16.6 Å². The maximum atomic E-state index is 11.8. The van der Waals surface area contributed by atoms with Crippen LogP contribution in [0.1, 0.15) is 22.6 Å². The van der Waals surface area contributed by atoms with Crippen LogP contribution in [-0.4, -0.2) is 45.2 Å². The summed E-state index contributed by atoms with van der Waals surface area (Å²) in [6, 6.07) is -0.883. The van der Waals surface area contributed by atoms with E-state index in [2.05, 4.69) is 4.98 Å². The van der Waals surface area contributed by atoms with E-state index >= 15 is 0 Å². The number of amides is 1. The van der Waals surface area contributed by atoms with Crippen molar-refractivity contribution in [1.29, 1.82) is 0 Å². The molecule has 0 bridgehead atoms. The summed E-state index contributed by atoms with van der Waals surface area (Å²) in [4.78, 5) is 39.3. The van der Waals surface area contributed by atoms with E-state index in [1.165, 1.54) is 6.20 Å². The molecule has 0 saturated carbocycles. The van der Waals surface area contributed by atoms with Gasteiger partial charge in [0, 0.05) is 18.1 Å². The van der Waals surface area contributed by atoms with Crippen molar-refractivity contribution in [2.45, 2.75) is 18.9 Å². The molecule has 1 fully saturated rings. The van der Waals surface area contributed by atoms with Gasteiger partial charge >= 0.3 is 5.97 Å². The minimum atomic E-state index is -1.07. The van der Waals surface area contributed by atoms with Crippen LogP contribution in [0.2, 0.25) is 0 Å². The molecule has 0 unspecified atom stereocenters. The first-order chi connectivity index (χ1) is 8.11. The fourth-order valence-electron chi connectivity index (χ4n) is 1.82. The number of rotatable bonds is 3. The monoisotopic (exact) mass is 254 g/mol. The average molecular weight is 254 g/mol. The van der Waals surface area contributed by atoms with Gasteiger partial charge in [0.05, 0.1) is 0 Å². The van der Waals surface area contributed by atoms with Crippen molar-refractivity contribution in [2.24, 2.45) is 0 Å². The van der Waals surface area contributed by atoms with Crippen LogP contribution in [0.15, 0.2) is 11.6 Å². The Labute approximate surface area is 101 Å². The fourth-order valence-corrected chi connectivity index (χ4v) is 2.39. The number of carboxylic acid groups (broad SMARTS) is 1. The predicted molar refractivity (Wildman–Crippen MR) is 58.8 cm³/mol. The van der Waals surface area contributed by atoms with E-state index in [9.17, 15) is 14.4 Å². The number of carbonyl (C=O) groups excluding carboxylic acids is 2. The molecule has 1 amide bonds. The average Bonchev–Trinajstić information content (AvgIpc) is 2.97. The van der Waals surface area contributed by atoms with Crippen LogP contribution in [0.5, 0.6) is 0 Å². The summed E-state index contributed by atoms with van der Waals surface area (Å²) in [5, 5.41) is 10.6. The Morgan fingerprint density at radius 1 is 1.47 bits per heavy atom. The van der Waals surface area contributed by atoms with Crippen LogP contribution < -0.4 is 0 Å². The van der Waals surface area contributed by atoms with E-state index in [0.29, 0.717) is 19.4 Å².